The third-order valence-corrected chi connectivity index (χ3v) is 15.0. The number of phenols is 2. The van der Waals surface area contributed by atoms with E-state index in [0.717, 1.165) is 0 Å². The van der Waals surface area contributed by atoms with Gasteiger partial charge >= 0.3 is 0 Å². The Morgan fingerprint density at radius 1 is 0.769 bits per heavy atom. The largest absolute Gasteiger partial charge is 0.508 e. The lowest BCUT2D eigenvalue weighted by Gasteiger charge is -2.56. The maximum Gasteiger partial charge on any atom is 0.235 e. The molecule has 6 aliphatic carbocycles. The fraction of sp³-hybridized carbons (Fsp3) is 0.500. The van der Waals surface area contributed by atoms with Crippen molar-refractivity contribution in [2.45, 2.75) is 87.2 Å². The number of phenolic OH excluding ortho intramolecular Hbond substituents is 2. The summed E-state index contributed by atoms with van der Waals surface area (Å²) in [5.41, 5.74) is 7.24. The number of benzene rings is 2. The number of likely N-dealkylation sites (N-methyl/N-ethyl adjacent to an activating group) is 1. The summed E-state index contributed by atoms with van der Waals surface area (Å²) in [7, 11) is 3.11. The number of ketones is 6. The van der Waals surface area contributed by atoms with E-state index in [4.69, 9.17) is 11.5 Å². The molecule has 4 saturated carbocycles. The lowest BCUT2D eigenvalue weighted by molar-refractivity contribution is -0.210. The first kappa shape index (κ1) is 45.5. The highest BCUT2D eigenvalue weighted by atomic mass is 16.4. The molecule has 2 aromatic carbocycles. The van der Waals surface area contributed by atoms with E-state index in [9.17, 15) is 69.0 Å². The predicted molar refractivity (Wildman–Crippen MR) is 224 cm³/mol. The van der Waals surface area contributed by atoms with Gasteiger partial charge in [-0.25, -0.2) is 0 Å². The Morgan fingerprint density at radius 2 is 1.37 bits per heavy atom. The topological polar surface area (TPSA) is 313 Å². The normalized spacial score (nSPS) is 34.7. The van der Waals surface area contributed by atoms with Crippen LogP contribution in [0.4, 0.5) is 0 Å². The molecule has 0 radical (unpaired) electrons. The molecule has 2 aromatic rings. The van der Waals surface area contributed by atoms with E-state index < -0.39 is 135 Å². The van der Waals surface area contributed by atoms with E-state index in [-0.39, 0.29) is 42.6 Å². The summed E-state index contributed by atoms with van der Waals surface area (Å²) in [4.78, 5) is 107. The van der Waals surface area contributed by atoms with Crippen molar-refractivity contribution in [3.8, 4) is 35.2 Å². The average Bonchev–Trinajstić information content (AvgIpc) is 3.22. The molecule has 0 bridgehead atoms. The number of aliphatic hydroxyl groups excluding tert-OH is 2. The molecule has 65 heavy (non-hydrogen) atoms. The highest BCUT2D eigenvalue weighted by molar-refractivity contribution is 6.31. The molecule has 0 saturated heterocycles. The third-order valence-electron chi connectivity index (χ3n) is 15.0. The highest BCUT2D eigenvalue weighted by Crippen LogP contribution is 2.55. The molecule has 13 atom stereocenters. The van der Waals surface area contributed by atoms with Crippen LogP contribution in [0.1, 0.15) is 89.2 Å². The number of amides is 2. The molecule has 4 fully saturated rings. The maximum atomic E-state index is 14.2. The van der Waals surface area contributed by atoms with E-state index in [1.165, 1.54) is 17.0 Å². The summed E-state index contributed by atoms with van der Waals surface area (Å²) in [6.45, 7) is 0. The molecule has 2 amide bonds. The summed E-state index contributed by atoms with van der Waals surface area (Å²) in [5.74, 6) is -6.53. The van der Waals surface area contributed by atoms with E-state index in [2.05, 4.69) is 23.7 Å². The number of Topliss-reactive ketones (excluding diaryl/α,β-unsaturated/α-hetero) is 6. The van der Waals surface area contributed by atoms with E-state index in [1.807, 2.05) is 0 Å². The molecule has 0 heterocycles. The highest BCUT2D eigenvalue weighted by Gasteiger charge is 2.69. The van der Waals surface area contributed by atoms with Gasteiger partial charge in [0.15, 0.2) is 51.8 Å². The van der Waals surface area contributed by atoms with E-state index in [1.54, 1.807) is 26.2 Å². The minimum absolute atomic E-state index is 0.0310. The lowest BCUT2D eigenvalue weighted by atomic mass is 9.51. The molecule has 8 rings (SSSR count). The summed E-state index contributed by atoms with van der Waals surface area (Å²) in [5, 5.41) is 67.8. The lowest BCUT2D eigenvalue weighted by Crippen LogP contribution is -2.75. The van der Waals surface area contributed by atoms with Crippen LogP contribution in [0.3, 0.4) is 0 Å². The first-order valence-corrected chi connectivity index (χ1v) is 21.6. The first-order chi connectivity index (χ1) is 30.7. The molecule has 6 aliphatic rings. The minimum atomic E-state index is -2.73. The molecule has 0 aliphatic heterocycles. The monoisotopic (exact) mass is 891 g/mol. The van der Waals surface area contributed by atoms with Gasteiger partial charge in [0.25, 0.3) is 0 Å². The van der Waals surface area contributed by atoms with Crippen LogP contribution in [-0.4, -0.2) is 119 Å². The van der Waals surface area contributed by atoms with Gasteiger partial charge in [0.2, 0.25) is 11.8 Å². The number of nitrogens with zero attached hydrogens (tertiary/aromatic N) is 1. The van der Waals surface area contributed by atoms with E-state index in [0.29, 0.717) is 47.9 Å². The summed E-state index contributed by atoms with van der Waals surface area (Å²) in [6.07, 6.45) is -1.79. The van der Waals surface area contributed by atoms with Gasteiger partial charge in [-0.05, 0) is 99.8 Å². The number of carbonyl (C=O) groups is 8. The van der Waals surface area contributed by atoms with Gasteiger partial charge < -0.3 is 42.1 Å². The Morgan fingerprint density at radius 3 is 1.97 bits per heavy atom. The maximum absolute atomic E-state index is 14.2. The Balaban J connectivity index is 0.945. The van der Waals surface area contributed by atoms with Gasteiger partial charge in [-0.3, -0.25) is 43.3 Å². The quantitative estimate of drug-likeness (QED) is 0.0992. The predicted octanol–water partition coefficient (Wildman–Crippen LogP) is -0.887. The van der Waals surface area contributed by atoms with Gasteiger partial charge in [-0.15, -0.1) is 0 Å². The second kappa shape index (κ2) is 16.4. The number of unbranched alkanes of at least 4 members (excludes halogenated alkanes) is 3. The molecule has 17 heteroatoms. The van der Waals surface area contributed by atoms with Crippen LogP contribution in [0.15, 0.2) is 24.3 Å². The molecule has 0 spiro atoms. The van der Waals surface area contributed by atoms with Crippen LogP contribution in [0.25, 0.3) is 0 Å². The van der Waals surface area contributed by atoms with Crippen LogP contribution in [-0.2, 0) is 46.4 Å². The van der Waals surface area contributed by atoms with Gasteiger partial charge in [0, 0.05) is 47.8 Å². The van der Waals surface area contributed by atoms with Crippen molar-refractivity contribution >= 4 is 46.5 Å². The number of primary amides is 2. The van der Waals surface area contributed by atoms with Gasteiger partial charge in [0.1, 0.15) is 23.5 Å². The number of aliphatic hydroxyl groups is 4. The molecular formula is C48H49N3O14. The SMILES string of the molecule is CN(C)[C@@H]1C(=O)C(C(N)=O)C(O)[C@@]2(O)C(=O)C3C(O)c4c(O)ccc(C#CCCCCC#Cc5ccc(O)c6c5C[C@H]5C[C@H]7CC(=O)C(C(N)=O)C(=O)[C@@]7(O)C(=O)C5C6=O)c4C[C@H]3C[C@@H]12. The minimum Gasteiger partial charge on any atom is -0.508 e. The number of fused-ring (bicyclic) bond motifs is 6. The fourth-order valence-corrected chi connectivity index (χ4v) is 12.0. The Labute approximate surface area is 372 Å². The molecule has 10 N–H and O–H groups in total. The van der Waals surface area contributed by atoms with Gasteiger partial charge in [-0.2, -0.15) is 0 Å². The van der Waals surface area contributed by atoms with Gasteiger partial charge in [-0.1, -0.05) is 23.7 Å². The molecule has 0 aromatic heterocycles. The van der Waals surface area contributed by atoms with Crippen molar-refractivity contribution in [1.82, 2.24) is 4.90 Å². The van der Waals surface area contributed by atoms with E-state index >= 15 is 0 Å². The van der Waals surface area contributed by atoms with Crippen LogP contribution in [0.2, 0.25) is 0 Å². The number of nitrogens with two attached hydrogens (primary N) is 2. The van der Waals surface area contributed by atoms with Crippen molar-refractivity contribution < 1.29 is 69.0 Å². The number of hydrogen-bond acceptors (Lipinski definition) is 15. The van der Waals surface area contributed by atoms with Crippen molar-refractivity contribution in [3.63, 3.8) is 0 Å². The number of aromatic hydroxyl groups is 2. The standard InChI is InChI=1S/C48H49N3O14/c1-51(2)37-27-18-23-17-26-21(12-14-29(53)34(26)39(56)32(23)42(59)48(27,65)44(61)36(40(37)57)46(50)63)10-8-6-4-3-5-7-9-20-11-13-28(52)33-25(20)16-22-15-24-19-30(54)35(45(49)62)43(60)47(24,64)41(58)31(22)38(33)55/h11-14,22-24,27,31-32,35-37,39,44,52-53,56,61,64-65H,3-6,15-19H2,1-2H3,(H2,49,62)(H2,50,63)/t22-,23+,24+,27+,31?,32?,35?,36?,37+,39?,44?,47+,48+/m1/s1. The summed E-state index contributed by atoms with van der Waals surface area (Å²) >= 11 is 0. The number of carbonyl (C=O) groups excluding carboxylic acids is 8. The Hall–Kier alpha value is -6.08. The summed E-state index contributed by atoms with van der Waals surface area (Å²) in [6, 6.07) is 4.67. The molecule has 340 valence electrons. The molecule has 6 unspecified atom stereocenters. The molecular weight excluding hydrogens is 843 g/mol. The van der Waals surface area contributed by atoms with Crippen LogP contribution in [0, 0.1) is 71.0 Å². The van der Waals surface area contributed by atoms with Crippen molar-refractivity contribution in [2.75, 3.05) is 14.1 Å². The van der Waals surface area contributed by atoms with Crippen molar-refractivity contribution in [1.29, 1.82) is 0 Å². The van der Waals surface area contributed by atoms with Crippen LogP contribution in [0.5, 0.6) is 11.5 Å². The second-order valence-corrected chi connectivity index (χ2v) is 18.7. The average molecular weight is 892 g/mol. The van der Waals surface area contributed by atoms with Crippen molar-refractivity contribution in [3.05, 3.63) is 57.6 Å². The second-order valence-electron chi connectivity index (χ2n) is 18.7. The fourth-order valence-electron chi connectivity index (χ4n) is 12.0. The smallest absolute Gasteiger partial charge is 0.235 e. The Kier molecular flexibility index (Phi) is 11.5. The molecule has 17 nitrogen and oxygen atoms in total. The summed E-state index contributed by atoms with van der Waals surface area (Å²) < 4.78 is 0. The third kappa shape index (κ3) is 6.82. The van der Waals surface area contributed by atoms with Crippen molar-refractivity contribution in [2.24, 2.45) is 58.8 Å². The van der Waals surface area contributed by atoms with Crippen LogP contribution >= 0.6 is 0 Å². The zero-order chi connectivity index (χ0) is 47.2. The van der Waals surface area contributed by atoms with Crippen LogP contribution < -0.4 is 11.5 Å². The number of hydrogen-bond donors (Lipinski definition) is 8. The Bertz CT molecular complexity index is 2630. The zero-order valence-electron chi connectivity index (χ0n) is 35.6. The number of rotatable bonds is 6. The van der Waals surface area contributed by atoms with Gasteiger partial charge in [0.05, 0.1) is 29.5 Å². The first-order valence-electron chi connectivity index (χ1n) is 21.6. The zero-order valence-corrected chi connectivity index (χ0v) is 35.6.